The number of methoxy groups -OCH3 is 2. The normalized spacial score (nSPS) is 15.8. The summed E-state index contributed by atoms with van der Waals surface area (Å²) >= 11 is 0. The third kappa shape index (κ3) is 4.52. The van der Waals surface area contributed by atoms with Gasteiger partial charge in [-0.25, -0.2) is 9.07 Å². The van der Waals surface area contributed by atoms with Crippen LogP contribution in [0.4, 0.5) is 10.1 Å². The fraction of sp³-hybridized carbons (Fsp3) is 0.409. The van der Waals surface area contributed by atoms with E-state index in [4.69, 9.17) is 9.47 Å². The predicted octanol–water partition coefficient (Wildman–Crippen LogP) is 2.38. The van der Waals surface area contributed by atoms with Gasteiger partial charge >= 0.3 is 0 Å². The molecular formula is C22H27FN6O2. The van der Waals surface area contributed by atoms with Crippen LogP contribution in [0.3, 0.4) is 0 Å². The molecule has 164 valence electrons. The molecule has 1 atom stereocenters. The monoisotopic (exact) mass is 426 g/mol. The van der Waals surface area contributed by atoms with E-state index in [1.54, 1.807) is 25.0 Å². The molecular weight excluding hydrogens is 399 g/mol. The van der Waals surface area contributed by atoms with E-state index < -0.39 is 0 Å². The van der Waals surface area contributed by atoms with Crippen LogP contribution in [0.5, 0.6) is 5.75 Å². The lowest BCUT2D eigenvalue weighted by Crippen LogP contribution is -2.48. The SMILES string of the molecule is COCCn1nnnc1[C@H](c1ccccc1F)N1CCN(c2ccccc2OC)CC1. The van der Waals surface area contributed by atoms with Crippen molar-refractivity contribution in [3.8, 4) is 5.75 Å². The van der Waals surface area contributed by atoms with Gasteiger partial charge in [0.2, 0.25) is 0 Å². The Hall–Kier alpha value is -3.04. The molecule has 4 rings (SSSR count). The van der Waals surface area contributed by atoms with Gasteiger partial charge in [-0.2, -0.15) is 0 Å². The highest BCUT2D eigenvalue weighted by Crippen LogP contribution is 2.33. The van der Waals surface area contributed by atoms with E-state index in [1.807, 2.05) is 30.3 Å². The lowest BCUT2D eigenvalue weighted by molar-refractivity contribution is 0.170. The molecule has 0 N–H and O–H groups in total. The van der Waals surface area contributed by atoms with Gasteiger partial charge in [0.15, 0.2) is 5.82 Å². The van der Waals surface area contributed by atoms with Crippen LogP contribution < -0.4 is 9.64 Å². The number of aromatic nitrogens is 4. The largest absolute Gasteiger partial charge is 0.495 e. The number of anilines is 1. The van der Waals surface area contributed by atoms with E-state index in [0.717, 1.165) is 37.6 Å². The summed E-state index contributed by atoms with van der Waals surface area (Å²) in [5.74, 6) is 1.21. The van der Waals surface area contributed by atoms with E-state index in [9.17, 15) is 4.39 Å². The minimum Gasteiger partial charge on any atom is -0.495 e. The summed E-state index contributed by atoms with van der Waals surface area (Å²) in [6, 6.07) is 14.5. The summed E-state index contributed by atoms with van der Waals surface area (Å²) in [4.78, 5) is 4.53. The zero-order valence-corrected chi connectivity index (χ0v) is 17.8. The second kappa shape index (κ2) is 9.84. The van der Waals surface area contributed by atoms with Gasteiger partial charge in [0.25, 0.3) is 0 Å². The van der Waals surface area contributed by atoms with Crippen molar-refractivity contribution in [2.45, 2.75) is 12.6 Å². The van der Waals surface area contributed by atoms with Crippen LogP contribution in [0.1, 0.15) is 17.4 Å². The molecule has 0 aliphatic carbocycles. The number of rotatable bonds is 8. The molecule has 9 heteroatoms. The van der Waals surface area contributed by atoms with E-state index in [-0.39, 0.29) is 11.9 Å². The summed E-state index contributed by atoms with van der Waals surface area (Å²) in [6.07, 6.45) is 0. The number of piperazine rings is 1. The molecule has 0 radical (unpaired) electrons. The Bertz CT molecular complexity index is 989. The second-order valence-electron chi connectivity index (χ2n) is 7.37. The van der Waals surface area contributed by atoms with Gasteiger partial charge in [-0.15, -0.1) is 5.10 Å². The molecule has 0 spiro atoms. The molecule has 0 amide bonds. The van der Waals surface area contributed by atoms with Crippen molar-refractivity contribution in [2.24, 2.45) is 0 Å². The summed E-state index contributed by atoms with van der Waals surface area (Å²) in [6.45, 7) is 4.01. The van der Waals surface area contributed by atoms with E-state index in [1.165, 1.54) is 6.07 Å². The highest BCUT2D eigenvalue weighted by molar-refractivity contribution is 5.58. The van der Waals surface area contributed by atoms with Gasteiger partial charge in [0.05, 0.1) is 25.9 Å². The smallest absolute Gasteiger partial charge is 0.173 e. The first-order chi connectivity index (χ1) is 15.2. The number of benzene rings is 2. The third-order valence-corrected chi connectivity index (χ3v) is 5.62. The first-order valence-electron chi connectivity index (χ1n) is 10.3. The van der Waals surface area contributed by atoms with Crippen LogP contribution in [-0.4, -0.2) is 72.1 Å². The highest BCUT2D eigenvalue weighted by Gasteiger charge is 2.32. The molecule has 1 aliphatic heterocycles. The Balaban J connectivity index is 1.60. The molecule has 8 nitrogen and oxygen atoms in total. The number of nitrogens with zero attached hydrogens (tertiary/aromatic N) is 6. The Kier molecular flexibility index (Phi) is 6.73. The van der Waals surface area contributed by atoms with Crippen LogP contribution in [0.15, 0.2) is 48.5 Å². The Labute approximate surface area is 181 Å². The van der Waals surface area contributed by atoms with Crippen LogP contribution >= 0.6 is 0 Å². The summed E-state index contributed by atoms with van der Waals surface area (Å²) in [5, 5.41) is 12.2. The van der Waals surface area contributed by atoms with E-state index in [0.29, 0.717) is 24.5 Å². The number of para-hydroxylation sites is 2. The molecule has 31 heavy (non-hydrogen) atoms. The van der Waals surface area contributed by atoms with Gasteiger partial charge < -0.3 is 14.4 Å². The van der Waals surface area contributed by atoms with Crippen molar-refractivity contribution in [3.63, 3.8) is 0 Å². The molecule has 1 aromatic heterocycles. The first kappa shape index (κ1) is 21.2. The summed E-state index contributed by atoms with van der Waals surface area (Å²) in [7, 11) is 3.32. The summed E-state index contributed by atoms with van der Waals surface area (Å²) < 4.78 is 27.3. The molecule has 0 saturated carbocycles. The standard InChI is InChI=1S/C22H27FN6O2/c1-30-16-15-29-22(24-25-26-29)21(17-7-3-4-8-18(17)23)28-13-11-27(12-14-28)19-9-5-6-10-20(19)31-2/h3-10,21H,11-16H2,1-2H3/t21-/m0/s1. The zero-order chi connectivity index (χ0) is 21.6. The van der Waals surface area contributed by atoms with Crippen molar-refractivity contribution < 1.29 is 13.9 Å². The van der Waals surface area contributed by atoms with Gasteiger partial charge in [-0.3, -0.25) is 4.90 Å². The highest BCUT2D eigenvalue weighted by atomic mass is 19.1. The van der Waals surface area contributed by atoms with Crippen LogP contribution in [0.2, 0.25) is 0 Å². The molecule has 2 heterocycles. The maximum atomic E-state index is 14.9. The first-order valence-corrected chi connectivity index (χ1v) is 10.3. The summed E-state index contributed by atoms with van der Waals surface area (Å²) in [5.41, 5.74) is 1.64. The van der Waals surface area contributed by atoms with Crippen LogP contribution in [-0.2, 0) is 11.3 Å². The number of ether oxygens (including phenoxy) is 2. The zero-order valence-electron chi connectivity index (χ0n) is 17.8. The number of hydrogen-bond acceptors (Lipinski definition) is 7. The average molecular weight is 426 g/mol. The molecule has 0 bridgehead atoms. The van der Waals surface area contributed by atoms with Crippen molar-refractivity contribution in [1.82, 2.24) is 25.1 Å². The molecule has 1 fully saturated rings. The lowest BCUT2D eigenvalue weighted by atomic mass is 10.0. The van der Waals surface area contributed by atoms with Gasteiger partial charge in [0.1, 0.15) is 17.6 Å². The molecule has 0 unspecified atom stereocenters. The van der Waals surface area contributed by atoms with Crippen molar-refractivity contribution in [3.05, 3.63) is 65.7 Å². The van der Waals surface area contributed by atoms with E-state index >= 15 is 0 Å². The van der Waals surface area contributed by atoms with Crippen molar-refractivity contribution in [1.29, 1.82) is 0 Å². The minimum absolute atomic E-state index is 0.263. The van der Waals surface area contributed by atoms with Gasteiger partial charge in [-0.05, 0) is 28.6 Å². The Morgan fingerprint density at radius 3 is 2.48 bits per heavy atom. The maximum Gasteiger partial charge on any atom is 0.173 e. The van der Waals surface area contributed by atoms with Crippen molar-refractivity contribution >= 4 is 5.69 Å². The van der Waals surface area contributed by atoms with Crippen LogP contribution in [0.25, 0.3) is 0 Å². The minimum atomic E-state index is -0.382. The molecule has 1 saturated heterocycles. The van der Waals surface area contributed by atoms with Crippen molar-refractivity contribution in [2.75, 3.05) is 51.9 Å². The number of hydrogen-bond donors (Lipinski definition) is 0. The van der Waals surface area contributed by atoms with Gasteiger partial charge in [0, 0.05) is 38.9 Å². The third-order valence-electron chi connectivity index (χ3n) is 5.62. The number of tetrazole rings is 1. The maximum absolute atomic E-state index is 14.9. The molecule has 1 aliphatic rings. The fourth-order valence-electron chi connectivity index (χ4n) is 4.05. The predicted molar refractivity (Wildman–Crippen MR) is 115 cm³/mol. The molecule has 2 aromatic carbocycles. The number of halogens is 1. The Morgan fingerprint density at radius 1 is 1.00 bits per heavy atom. The quantitative estimate of drug-likeness (QED) is 0.548. The lowest BCUT2D eigenvalue weighted by Gasteiger charge is -2.40. The fourth-order valence-corrected chi connectivity index (χ4v) is 4.05. The topological polar surface area (TPSA) is 68.5 Å². The van der Waals surface area contributed by atoms with E-state index in [2.05, 4.69) is 31.4 Å². The molecule has 3 aromatic rings. The second-order valence-corrected chi connectivity index (χ2v) is 7.37. The van der Waals surface area contributed by atoms with Gasteiger partial charge in [-0.1, -0.05) is 30.3 Å². The Morgan fingerprint density at radius 2 is 1.74 bits per heavy atom. The average Bonchev–Trinajstić information content (AvgIpc) is 3.27. The van der Waals surface area contributed by atoms with Crippen LogP contribution in [0, 0.1) is 5.82 Å².